The van der Waals surface area contributed by atoms with Crippen molar-refractivity contribution in [3.63, 3.8) is 0 Å². The van der Waals surface area contributed by atoms with Crippen LogP contribution in [-0.4, -0.2) is 22.3 Å². The van der Waals surface area contributed by atoms with Gasteiger partial charge in [-0.1, -0.05) is 53.4 Å². The first-order valence-corrected chi connectivity index (χ1v) is 7.35. The molecular formula is C16H20BrNO. The molecule has 2 N–H and O–H groups in total. The quantitative estimate of drug-likeness (QED) is 0.432. The molecule has 1 aliphatic rings. The fourth-order valence-electron chi connectivity index (χ4n) is 1.70. The summed E-state index contributed by atoms with van der Waals surface area (Å²) in [5.41, 5.74) is 4.49. The van der Waals surface area contributed by atoms with E-state index in [1.165, 1.54) is 5.57 Å². The van der Waals surface area contributed by atoms with Crippen LogP contribution in [0.3, 0.4) is 0 Å². The van der Waals surface area contributed by atoms with Crippen LogP contribution in [0.1, 0.15) is 19.8 Å². The molecule has 102 valence electrons. The van der Waals surface area contributed by atoms with Gasteiger partial charge in [0.2, 0.25) is 0 Å². The van der Waals surface area contributed by atoms with Gasteiger partial charge in [0, 0.05) is 11.0 Å². The van der Waals surface area contributed by atoms with Crippen molar-refractivity contribution in [3.05, 3.63) is 59.8 Å². The molecule has 1 unspecified atom stereocenters. The van der Waals surface area contributed by atoms with Crippen LogP contribution in [0, 0.1) is 5.41 Å². The van der Waals surface area contributed by atoms with Crippen LogP contribution in [-0.2, 0) is 0 Å². The van der Waals surface area contributed by atoms with Crippen molar-refractivity contribution >= 4 is 21.6 Å². The Morgan fingerprint density at radius 3 is 2.42 bits per heavy atom. The van der Waals surface area contributed by atoms with Gasteiger partial charge in [-0.3, -0.25) is 0 Å². The van der Waals surface area contributed by atoms with Crippen LogP contribution in [0.5, 0.6) is 0 Å². The maximum Gasteiger partial charge on any atom is 0.0756 e. The molecule has 0 saturated carbocycles. The molecule has 0 saturated heterocycles. The Kier molecular flexibility index (Phi) is 6.19. The lowest BCUT2D eigenvalue weighted by molar-refractivity contribution is 0.236. The average molecular weight is 322 g/mol. The van der Waals surface area contributed by atoms with Crippen LogP contribution in [0.4, 0.5) is 0 Å². The third-order valence-corrected chi connectivity index (χ3v) is 3.68. The molecule has 0 radical (unpaired) electrons. The molecule has 0 aromatic heterocycles. The summed E-state index contributed by atoms with van der Waals surface area (Å²) in [4.78, 5) is 0. The second kappa shape index (κ2) is 7.41. The van der Waals surface area contributed by atoms with E-state index in [0.717, 1.165) is 24.0 Å². The smallest absolute Gasteiger partial charge is 0.0756 e. The van der Waals surface area contributed by atoms with E-state index in [1.54, 1.807) is 13.0 Å². The Hall–Kier alpha value is -1.19. The Bertz CT molecular complexity index is 481. The predicted molar refractivity (Wildman–Crippen MR) is 86.0 cm³/mol. The van der Waals surface area contributed by atoms with Crippen molar-refractivity contribution in [3.8, 4) is 0 Å². The third-order valence-electron chi connectivity index (χ3n) is 3.12. The zero-order chi connectivity index (χ0) is 14.4. The lowest BCUT2D eigenvalue weighted by Gasteiger charge is -2.15. The number of allylic oxidation sites excluding steroid dienone is 6. The summed E-state index contributed by atoms with van der Waals surface area (Å²) in [6.07, 6.45) is 8.93. The van der Waals surface area contributed by atoms with Gasteiger partial charge in [-0.05, 0) is 42.1 Å². The molecule has 0 aliphatic heterocycles. The van der Waals surface area contributed by atoms with Crippen molar-refractivity contribution in [2.24, 2.45) is 0 Å². The number of aliphatic hydroxyl groups excluding tert-OH is 1. The largest absolute Gasteiger partial charge is 0.389 e. The van der Waals surface area contributed by atoms with Crippen LogP contribution in [0.2, 0.25) is 0 Å². The minimum atomic E-state index is -0.532. The number of hydrogen-bond donors (Lipinski definition) is 2. The van der Waals surface area contributed by atoms with Crippen LogP contribution in [0.25, 0.3) is 0 Å². The summed E-state index contributed by atoms with van der Waals surface area (Å²) in [5.74, 6) is 0. The number of aliphatic hydroxyl groups is 1. The fraction of sp³-hybridized carbons (Fsp3) is 0.312. The normalized spacial score (nSPS) is 16.8. The van der Waals surface area contributed by atoms with Gasteiger partial charge in [0.1, 0.15) is 0 Å². The minimum Gasteiger partial charge on any atom is -0.389 e. The van der Waals surface area contributed by atoms with Gasteiger partial charge in [0.15, 0.2) is 0 Å². The molecule has 1 rings (SSSR count). The molecule has 0 aromatic carbocycles. The number of rotatable bonds is 6. The highest BCUT2D eigenvalue weighted by atomic mass is 79.9. The summed E-state index contributed by atoms with van der Waals surface area (Å²) in [6.45, 7) is 9.50. The summed E-state index contributed by atoms with van der Waals surface area (Å²) >= 11 is 3.30. The topological polar surface area (TPSA) is 44.1 Å². The van der Waals surface area contributed by atoms with E-state index >= 15 is 0 Å². The highest BCUT2D eigenvalue weighted by Gasteiger charge is 2.10. The lowest BCUT2D eigenvalue weighted by atomic mass is 9.91. The Balaban J connectivity index is 2.70. The average Bonchev–Trinajstić information content (AvgIpc) is 2.43. The zero-order valence-corrected chi connectivity index (χ0v) is 12.8. The lowest BCUT2D eigenvalue weighted by Crippen LogP contribution is -2.06. The van der Waals surface area contributed by atoms with Crippen molar-refractivity contribution in [1.82, 2.24) is 0 Å². The monoisotopic (exact) mass is 321 g/mol. The van der Waals surface area contributed by atoms with Gasteiger partial charge in [-0.2, -0.15) is 0 Å². The molecular weight excluding hydrogens is 302 g/mol. The first-order chi connectivity index (χ1) is 8.95. The molecule has 0 fully saturated rings. The number of nitrogens with one attached hydrogen (secondary N) is 1. The molecule has 3 heteroatoms. The van der Waals surface area contributed by atoms with E-state index in [9.17, 15) is 5.11 Å². The minimum absolute atomic E-state index is 0.532. The summed E-state index contributed by atoms with van der Waals surface area (Å²) < 4.78 is 0. The van der Waals surface area contributed by atoms with E-state index in [4.69, 9.17) is 5.41 Å². The highest BCUT2D eigenvalue weighted by molar-refractivity contribution is 9.09. The number of alkyl halides is 1. The summed E-state index contributed by atoms with van der Waals surface area (Å²) in [7, 11) is 0. The maximum absolute atomic E-state index is 9.33. The SMILES string of the molecule is C=C(C=CC(=C)C(C)O)C1=CC=C(C(=N)CBr)CC1. The molecule has 0 aromatic rings. The Labute approximate surface area is 123 Å². The van der Waals surface area contributed by atoms with Gasteiger partial charge in [-0.15, -0.1) is 0 Å². The van der Waals surface area contributed by atoms with E-state index in [1.807, 2.05) is 18.2 Å². The molecule has 19 heavy (non-hydrogen) atoms. The van der Waals surface area contributed by atoms with Crippen LogP contribution >= 0.6 is 15.9 Å². The summed E-state index contributed by atoms with van der Waals surface area (Å²) in [6, 6.07) is 0. The molecule has 2 nitrogen and oxygen atoms in total. The molecule has 1 atom stereocenters. The summed E-state index contributed by atoms with van der Waals surface area (Å²) in [5, 5.41) is 17.7. The molecule has 0 heterocycles. The number of halogens is 1. The van der Waals surface area contributed by atoms with Gasteiger partial charge in [0.05, 0.1) is 6.10 Å². The van der Waals surface area contributed by atoms with Gasteiger partial charge in [0.25, 0.3) is 0 Å². The molecule has 1 aliphatic carbocycles. The zero-order valence-electron chi connectivity index (χ0n) is 11.2. The highest BCUT2D eigenvalue weighted by Crippen LogP contribution is 2.25. The van der Waals surface area contributed by atoms with Crippen molar-refractivity contribution in [1.29, 1.82) is 5.41 Å². The standard InChI is InChI=1S/C16H20BrNO/c1-11(13(3)19)4-5-12(2)14-6-8-15(9-7-14)16(18)10-17/h4-6,8,13,18-19H,1-2,7,9-10H2,3H3. The van der Waals surface area contributed by atoms with Crippen molar-refractivity contribution in [2.75, 3.05) is 5.33 Å². The van der Waals surface area contributed by atoms with Crippen molar-refractivity contribution < 1.29 is 5.11 Å². The maximum atomic E-state index is 9.33. The van der Waals surface area contributed by atoms with Crippen molar-refractivity contribution in [2.45, 2.75) is 25.9 Å². The first-order valence-electron chi connectivity index (χ1n) is 6.23. The van der Waals surface area contributed by atoms with Gasteiger partial charge >= 0.3 is 0 Å². The third kappa shape index (κ3) is 4.77. The van der Waals surface area contributed by atoms with E-state index in [0.29, 0.717) is 16.6 Å². The number of hydrogen-bond acceptors (Lipinski definition) is 2. The Morgan fingerprint density at radius 2 is 1.95 bits per heavy atom. The van der Waals surface area contributed by atoms with E-state index in [-0.39, 0.29) is 0 Å². The molecule has 0 amide bonds. The van der Waals surface area contributed by atoms with E-state index in [2.05, 4.69) is 29.1 Å². The van der Waals surface area contributed by atoms with Crippen LogP contribution in [0.15, 0.2) is 59.8 Å². The van der Waals surface area contributed by atoms with E-state index < -0.39 is 6.10 Å². The van der Waals surface area contributed by atoms with Gasteiger partial charge < -0.3 is 10.5 Å². The fourth-order valence-corrected chi connectivity index (χ4v) is 2.06. The predicted octanol–water partition coefficient (Wildman–Crippen LogP) is 4.10. The second-order valence-corrected chi connectivity index (χ2v) is 5.17. The first kappa shape index (κ1) is 15.9. The molecule has 0 bridgehead atoms. The second-order valence-electron chi connectivity index (χ2n) is 4.61. The van der Waals surface area contributed by atoms with Gasteiger partial charge in [-0.25, -0.2) is 0 Å². The Morgan fingerprint density at radius 1 is 1.37 bits per heavy atom. The van der Waals surface area contributed by atoms with Crippen LogP contribution < -0.4 is 0 Å². The molecule has 0 spiro atoms.